The summed E-state index contributed by atoms with van der Waals surface area (Å²) < 4.78 is 0. The van der Waals surface area contributed by atoms with E-state index in [1.807, 2.05) is 17.3 Å². The van der Waals surface area contributed by atoms with Crippen molar-refractivity contribution in [1.82, 2.24) is 34.6 Å². The van der Waals surface area contributed by atoms with Gasteiger partial charge in [-0.25, -0.2) is 9.97 Å². The first-order chi connectivity index (χ1) is 17.6. The average Bonchev–Trinajstić information content (AvgIpc) is 3.61. The summed E-state index contributed by atoms with van der Waals surface area (Å²) in [7, 11) is 0. The number of imidazole rings is 2. The zero-order valence-electron chi connectivity index (χ0n) is 22.2. The van der Waals surface area contributed by atoms with Gasteiger partial charge < -0.3 is 19.8 Å². The number of unbranched alkanes of at least 4 members (excludes halogenated alkanes) is 1. The van der Waals surface area contributed by atoms with Gasteiger partial charge in [-0.05, 0) is 63.4 Å². The van der Waals surface area contributed by atoms with Gasteiger partial charge in [0.2, 0.25) is 0 Å². The van der Waals surface area contributed by atoms with Crippen molar-refractivity contribution >= 4 is 0 Å². The van der Waals surface area contributed by atoms with Crippen molar-refractivity contribution in [2.75, 3.05) is 26.2 Å². The van der Waals surface area contributed by atoms with Crippen LogP contribution < -0.4 is 0 Å². The number of nitrogens with one attached hydrogen (secondary N) is 2. The van der Waals surface area contributed by atoms with Gasteiger partial charge in [-0.1, -0.05) is 38.1 Å². The van der Waals surface area contributed by atoms with Crippen LogP contribution in [0.4, 0.5) is 0 Å². The Morgan fingerprint density at radius 3 is 2.06 bits per heavy atom. The molecule has 194 valence electrons. The molecule has 0 spiro atoms. The highest BCUT2D eigenvalue weighted by molar-refractivity contribution is 5.23. The van der Waals surface area contributed by atoms with Crippen LogP contribution in [-0.2, 0) is 19.6 Å². The van der Waals surface area contributed by atoms with Crippen LogP contribution in [0.5, 0.6) is 0 Å². The maximum absolute atomic E-state index is 9.65. The third kappa shape index (κ3) is 8.81. The number of H-pyrrole nitrogens is 2. The molecule has 0 aliphatic carbocycles. The fourth-order valence-electron chi connectivity index (χ4n) is 4.56. The summed E-state index contributed by atoms with van der Waals surface area (Å²) >= 11 is 0. The lowest BCUT2D eigenvalue weighted by Crippen LogP contribution is -2.27. The van der Waals surface area contributed by atoms with Crippen LogP contribution in [0.3, 0.4) is 0 Å². The summed E-state index contributed by atoms with van der Waals surface area (Å²) in [5.74, 6) is 1.87. The van der Waals surface area contributed by atoms with Crippen LogP contribution in [0.1, 0.15) is 75.3 Å². The predicted molar refractivity (Wildman–Crippen MR) is 144 cm³/mol. The maximum Gasteiger partial charge on any atom is 0.179 e. The quantitative estimate of drug-likeness (QED) is 0.156. The van der Waals surface area contributed by atoms with Gasteiger partial charge >= 0.3 is 0 Å². The molecule has 0 bridgehead atoms. The molecule has 0 fully saturated rings. The zero-order chi connectivity index (χ0) is 25.6. The highest BCUT2D eigenvalue weighted by Gasteiger charge is 2.19. The zero-order valence-corrected chi connectivity index (χ0v) is 22.2. The minimum Gasteiger partial charge on any atom is -0.348 e. The molecule has 0 amide bonds. The van der Waals surface area contributed by atoms with E-state index >= 15 is 0 Å². The molecule has 2 heterocycles. The van der Waals surface area contributed by atoms with Crippen molar-refractivity contribution in [2.24, 2.45) is 0 Å². The smallest absolute Gasteiger partial charge is 0.179 e. The molecule has 0 radical (unpaired) electrons. The molecule has 3 rings (SSSR count). The van der Waals surface area contributed by atoms with Gasteiger partial charge in [0.1, 0.15) is 11.6 Å². The molecular weight excluding hydrogens is 448 g/mol. The Labute approximate surface area is 216 Å². The third-order valence-corrected chi connectivity index (χ3v) is 6.53. The largest absolute Gasteiger partial charge is 0.348 e. The predicted octanol–water partition coefficient (Wildman–Crippen LogP) is 5.08. The van der Waals surface area contributed by atoms with E-state index in [4.69, 9.17) is 0 Å². The fraction of sp³-hybridized carbons (Fsp3) is 0.536. The number of aromatic amines is 2. The maximum atomic E-state index is 9.65. The first kappa shape index (κ1) is 27.4. The molecule has 36 heavy (non-hydrogen) atoms. The molecule has 8 heteroatoms. The molecular formula is C28H42N8. The summed E-state index contributed by atoms with van der Waals surface area (Å²) in [5.41, 5.74) is 2.38. The molecule has 1 atom stereocenters. The van der Waals surface area contributed by atoms with Crippen LogP contribution in [0.15, 0.2) is 49.1 Å². The van der Waals surface area contributed by atoms with Gasteiger partial charge in [0.25, 0.3) is 0 Å². The van der Waals surface area contributed by atoms with Crippen molar-refractivity contribution in [3.63, 3.8) is 0 Å². The van der Waals surface area contributed by atoms with Crippen LogP contribution >= 0.6 is 0 Å². The van der Waals surface area contributed by atoms with Gasteiger partial charge in [-0.15, -0.1) is 0 Å². The Morgan fingerprint density at radius 1 is 0.833 bits per heavy atom. The number of rotatable bonds is 17. The van der Waals surface area contributed by atoms with Gasteiger partial charge in [0, 0.05) is 37.9 Å². The van der Waals surface area contributed by atoms with Gasteiger partial charge in [-0.2, -0.15) is 5.26 Å². The second kappa shape index (κ2) is 15.1. The summed E-state index contributed by atoms with van der Waals surface area (Å²) in [6.07, 6.45) is 14.2. The van der Waals surface area contributed by atoms with E-state index in [0.717, 1.165) is 49.7 Å². The standard InChI is InChI=1S/C28H42N8/c1-4-16-34(17-5-2)18-6-7-19-35(23-29)20-25-8-10-26(11-9-25)21-36(22-27-30-12-13-31-27)24(3)28-32-14-15-33-28/h8-15,24H,4-7,16-22H2,1-3H3,(H,30,31)(H,32,33). The van der Waals surface area contributed by atoms with Crippen molar-refractivity contribution in [3.05, 3.63) is 71.8 Å². The number of benzene rings is 1. The van der Waals surface area contributed by atoms with E-state index in [2.05, 4.69) is 81.0 Å². The highest BCUT2D eigenvalue weighted by atomic mass is 15.2. The van der Waals surface area contributed by atoms with Crippen molar-refractivity contribution < 1.29 is 0 Å². The Kier molecular flexibility index (Phi) is 11.5. The lowest BCUT2D eigenvalue weighted by atomic mass is 10.1. The van der Waals surface area contributed by atoms with Crippen molar-refractivity contribution in [3.8, 4) is 6.19 Å². The van der Waals surface area contributed by atoms with Crippen LogP contribution in [0, 0.1) is 11.5 Å². The fourth-order valence-corrected chi connectivity index (χ4v) is 4.56. The number of nitrogens with zero attached hydrogens (tertiary/aromatic N) is 6. The summed E-state index contributed by atoms with van der Waals surface area (Å²) in [4.78, 5) is 22.1. The monoisotopic (exact) mass is 490 g/mol. The van der Waals surface area contributed by atoms with E-state index < -0.39 is 0 Å². The van der Waals surface area contributed by atoms with Gasteiger partial charge in [-0.3, -0.25) is 4.90 Å². The molecule has 1 aromatic carbocycles. The molecule has 0 saturated heterocycles. The summed E-state index contributed by atoms with van der Waals surface area (Å²) in [6.45, 7) is 13.0. The Balaban J connectivity index is 1.52. The molecule has 2 aromatic heterocycles. The van der Waals surface area contributed by atoms with Crippen LogP contribution in [0.25, 0.3) is 0 Å². The second-order valence-electron chi connectivity index (χ2n) is 9.48. The molecule has 0 saturated carbocycles. The van der Waals surface area contributed by atoms with Crippen molar-refractivity contribution in [1.29, 1.82) is 5.26 Å². The first-order valence-corrected chi connectivity index (χ1v) is 13.3. The number of aromatic nitrogens is 4. The second-order valence-corrected chi connectivity index (χ2v) is 9.48. The van der Waals surface area contributed by atoms with E-state index in [-0.39, 0.29) is 6.04 Å². The van der Waals surface area contributed by atoms with E-state index in [0.29, 0.717) is 13.1 Å². The van der Waals surface area contributed by atoms with E-state index in [9.17, 15) is 5.26 Å². The summed E-state index contributed by atoms with van der Waals surface area (Å²) in [6, 6.07) is 8.74. The minimum atomic E-state index is 0.115. The van der Waals surface area contributed by atoms with Crippen LogP contribution in [0.2, 0.25) is 0 Å². The lowest BCUT2D eigenvalue weighted by Gasteiger charge is -2.27. The lowest BCUT2D eigenvalue weighted by molar-refractivity contribution is 0.181. The van der Waals surface area contributed by atoms with Crippen LogP contribution in [-0.4, -0.2) is 60.8 Å². The average molecular weight is 491 g/mol. The Bertz CT molecular complexity index is 985. The molecule has 1 unspecified atom stereocenters. The highest BCUT2D eigenvalue weighted by Crippen LogP contribution is 2.22. The minimum absolute atomic E-state index is 0.115. The topological polar surface area (TPSA) is 90.9 Å². The molecule has 3 aromatic rings. The number of hydrogen-bond acceptors (Lipinski definition) is 6. The molecule has 0 aliphatic rings. The third-order valence-electron chi connectivity index (χ3n) is 6.53. The van der Waals surface area contributed by atoms with Gasteiger partial charge in [0.05, 0.1) is 19.1 Å². The Morgan fingerprint density at radius 2 is 1.47 bits per heavy atom. The SMILES string of the molecule is CCCN(CCC)CCCCN(C#N)Cc1ccc(CN(Cc2ncc[nH]2)C(C)c2ncc[nH]2)cc1. The van der Waals surface area contributed by atoms with Gasteiger partial charge in [0.15, 0.2) is 6.19 Å². The normalized spacial score (nSPS) is 12.2. The molecule has 0 aliphatic heterocycles. The van der Waals surface area contributed by atoms with E-state index in [1.165, 1.54) is 31.5 Å². The first-order valence-electron chi connectivity index (χ1n) is 13.3. The van der Waals surface area contributed by atoms with E-state index in [1.54, 1.807) is 12.4 Å². The Hall–Kier alpha value is -3.15. The number of hydrogen-bond donors (Lipinski definition) is 2. The summed E-state index contributed by atoms with van der Waals surface area (Å²) in [5, 5.41) is 9.65. The molecule has 2 N–H and O–H groups in total. The number of nitriles is 1. The molecule has 8 nitrogen and oxygen atoms in total. The van der Waals surface area contributed by atoms with Crippen molar-refractivity contribution in [2.45, 2.75) is 72.1 Å².